The van der Waals surface area contributed by atoms with Crippen LogP contribution in [0.25, 0.3) is 5.69 Å². The lowest BCUT2D eigenvalue weighted by Gasteiger charge is -2.03. The lowest BCUT2D eigenvalue weighted by molar-refractivity contribution is 0.863. The van der Waals surface area contributed by atoms with Crippen molar-refractivity contribution in [2.45, 2.75) is 13.5 Å². The molecule has 0 aliphatic rings. The Hall–Kier alpha value is -1.03. The van der Waals surface area contributed by atoms with Crippen molar-refractivity contribution in [1.29, 1.82) is 0 Å². The summed E-state index contributed by atoms with van der Waals surface area (Å²) < 4.78 is 1.72. The molecule has 5 heteroatoms. The number of nitrogens with zero attached hydrogens (tertiary/aromatic N) is 2. The topological polar surface area (TPSA) is 43.8 Å². The number of aromatic nitrogens is 2. The van der Waals surface area contributed by atoms with Gasteiger partial charge in [-0.1, -0.05) is 23.2 Å². The highest BCUT2D eigenvalue weighted by Gasteiger charge is 2.08. The lowest BCUT2D eigenvalue weighted by Crippen LogP contribution is -1.96. The zero-order valence-electron chi connectivity index (χ0n) is 8.74. The Morgan fingerprint density at radius 2 is 2.12 bits per heavy atom. The average Bonchev–Trinajstić information content (AvgIpc) is 2.59. The van der Waals surface area contributed by atoms with E-state index in [0.717, 1.165) is 16.9 Å². The maximum Gasteiger partial charge on any atom is 0.0833 e. The average molecular weight is 256 g/mol. The maximum absolute atomic E-state index is 6.09. The minimum atomic E-state index is 0.469. The number of rotatable bonds is 2. The largest absolute Gasteiger partial charge is 0.326 e. The number of nitrogens with two attached hydrogens (primary N) is 1. The molecule has 0 unspecified atom stereocenters. The Morgan fingerprint density at radius 3 is 2.69 bits per heavy atom. The van der Waals surface area contributed by atoms with Gasteiger partial charge in [0.1, 0.15) is 0 Å². The number of hydrogen-bond acceptors (Lipinski definition) is 2. The summed E-state index contributed by atoms with van der Waals surface area (Å²) in [5.41, 5.74) is 8.31. The molecule has 0 atom stereocenters. The molecule has 2 rings (SSSR count). The van der Waals surface area contributed by atoms with Crippen molar-refractivity contribution in [3.8, 4) is 5.69 Å². The first kappa shape index (κ1) is 11.5. The van der Waals surface area contributed by atoms with Crippen LogP contribution in [0.3, 0.4) is 0 Å². The molecule has 3 nitrogen and oxygen atoms in total. The first-order chi connectivity index (χ1) is 7.61. The summed E-state index contributed by atoms with van der Waals surface area (Å²) in [4.78, 5) is 0. The molecule has 0 aliphatic carbocycles. The summed E-state index contributed by atoms with van der Waals surface area (Å²) in [6.45, 7) is 2.39. The molecule has 1 aromatic carbocycles. The van der Waals surface area contributed by atoms with Crippen LogP contribution in [0.4, 0.5) is 0 Å². The van der Waals surface area contributed by atoms with Crippen molar-refractivity contribution in [3.05, 3.63) is 45.7 Å². The van der Waals surface area contributed by atoms with E-state index < -0.39 is 0 Å². The molecule has 0 saturated carbocycles. The van der Waals surface area contributed by atoms with E-state index in [4.69, 9.17) is 28.9 Å². The van der Waals surface area contributed by atoms with Gasteiger partial charge in [0.2, 0.25) is 0 Å². The monoisotopic (exact) mass is 255 g/mol. The zero-order chi connectivity index (χ0) is 11.7. The fraction of sp³-hybridized carbons (Fsp3) is 0.182. The highest BCUT2D eigenvalue weighted by Crippen LogP contribution is 2.24. The minimum absolute atomic E-state index is 0.469. The third-order valence-corrected chi connectivity index (χ3v) is 2.91. The first-order valence-corrected chi connectivity index (χ1v) is 5.58. The van der Waals surface area contributed by atoms with E-state index in [2.05, 4.69) is 5.10 Å². The summed E-state index contributed by atoms with van der Waals surface area (Å²) in [6.07, 6.45) is 1.88. The quantitative estimate of drug-likeness (QED) is 0.897. The van der Waals surface area contributed by atoms with Gasteiger partial charge in [0.05, 0.1) is 16.4 Å². The third-order valence-electron chi connectivity index (χ3n) is 2.38. The maximum atomic E-state index is 6.09. The van der Waals surface area contributed by atoms with Crippen molar-refractivity contribution in [2.24, 2.45) is 5.73 Å². The van der Waals surface area contributed by atoms with Crippen molar-refractivity contribution < 1.29 is 0 Å². The van der Waals surface area contributed by atoms with Gasteiger partial charge in [0, 0.05) is 23.3 Å². The number of benzene rings is 1. The highest BCUT2D eigenvalue weighted by atomic mass is 35.5. The van der Waals surface area contributed by atoms with Crippen LogP contribution in [0, 0.1) is 6.92 Å². The molecule has 0 spiro atoms. The summed E-state index contributed by atoms with van der Waals surface area (Å²) in [6, 6.07) is 5.30. The van der Waals surface area contributed by atoms with E-state index in [-0.39, 0.29) is 0 Å². The second-order valence-corrected chi connectivity index (χ2v) is 4.33. The van der Waals surface area contributed by atoms with Crippen LogP contribution in [-0.4, -0.2) is 9.78 Å². The van der Waals surface area contributed by atoms with Gasteiger partial charge in [0.15, 0.2) is 0 Å². The van der Waals surface area contributed by atoms with E-state index in [1.807, 2.05) is 19.2 Å². The molecule has 16 heavy (non-hydrogen) atoms. The molecule has 0 amide bonds. The lowest BCUT2D eigenvalue weighted by atomic mass is 10.3. The molecule has 2 aromatic rings. The summed E-state index contributed by atoms with van der Waals surface area (Å²) in [7, 11) is 0. The van der Waals surface area contributed by atoms with Gasteiger partial charge in [-0.2, -0.15) is 5.10 Å². The van der Waals surface area contributed by atoms with Gasteiger partial charge >= 0.3 is 0 Å². The van der Waals surface area contributed by atoms with Crippen molar-refractivity contribution >= 4 is 23.2 Å². The Morgan fingerprint density at radius 1 is 1.38 bits per heavy atom. The number of halogens is 2. The Balaban J connectivity index is 2.50. The normalized spacial score (nSPS) is 10.8. The zero-order valence-corrected chi connectivity index (χ0v) is 10.3. The predicted octanol–water partition coefficient (Wildman–Crippen LogP) is 2.95. The SMILES string of the molecule is Cc1nn(-c2ccc(Cl)cc2Cl)cc1CN. The van der Waals surface area contributed by atoms with Gasteiger partial charge in [-0.15, -0.1) is 0 Å². The summed E-state index contributed by atoms with van der Waals surface area (Å²) in [5, 5.41) is 5.53. The molecule has 0 fully saturated rings. The van der Waals surface area contributed by atoms with Gasteiger partial charge in [0.25, 0.3) is 0 Å². The Bertz CT molecular complexity index is 520. The van der Waals surface area contributed by atoms with Crippen molar-refractivity contribution in [1.82, 2.24) is 9.78 Å². The Labute approximate surface area is 104 Å². The van der Waals surface area contributed by atoms with Crippen molar-refractivity contribution in [2.75, 3.05) is 0 Å². The summed E-state index contributed by atoms with van der Waals surface area (Å²) in [5.74, 6) is 0. The first-order valence-electron chi connectivity index (χ1n) is 4.82. The molecule has 0 aliphatic heterocycles. The van der Waals surface area contributed by atoms with Crippen LogP contribution < -0.4 is 5.73 Å². The molecular formula is C11H11Cl2N3. The molecule has 1 aromatic heterocycles. The summed E-state index contributed by atoms with van der Waals surface area (Å²) >= 11 is 11.9. The molecule has 0 radical (unpaired) electrons. The fourth-order valence-electron chi connectivity index (χ4n) is 1.49. The molecular weight excluding hydrogens is 245 g/mol. The van der Waals surface area contributed by atoms with E-state index in [0.29, 0.717) is 16.6 Å². The van der Waals surface area contributed by atoms with Crippen LogP contribution in [0.1, 0.15) is 11.3 Å². The van der Waals surface area contributed by atoms with Crippen LogP contribution in [-0.2, 0) is 6.54 Å². The van der Waals surface area contributed by atoms with E-state index in [1.54, 1.807) is 16.8 Å². The number of aryl methyl sites for hydroxylation is 1. The van der Waals surface area contributed by atoms with Gasteiger partial charge < -0.3 is 5.73 Å². The van der Waals surface area contributed by atoms with Crippen molar-refractivity contribution in [3.63, 3.8) is 0 Å². The van der Waals surface area contributed by atoms with Crippen LogP contribution in [0.2, 0.25) is 10.0 Å². The van der Waals surface area contributed by atoms with Crippen LogP contribution in [0.5, 0.6) is 0 Å². The Kier molecular flexibility index (Phi) is 3.19. The third kappa shape index (κ3) is 2.07. The molecule has 0 saturated heterocycles. The van der Waals surface area contributed by atoms with Gasteiger partial charge in [-0.05, 0) is 25.1 Å². The van der Waals surface area contributed by atoms with E-state index >= 15 is 0 Å². The second-order valence-electron chi connectivity index (χ2n) is 3.48. The smallest absolute Gasteiger partial charge is 0.0833 e. The highest BCUT2D eigenvalue weighted by molar-refractivity contribution is 6.35. The van der Waals surface area contributed by atoms with E-state index in [1.165, 1.54) is 0 Å². The predicted molar refractivity (Wildman–Crippen MR) is 66.2 cm³/mol. The molecule has 84 valence electrons. The standard InChI is InChI=1S/C11H11Cl2N3/c1-7-8(5-14)6-16(15-7)11-3-2-9(12)4-10(11)13/h2-4,6H,5,14H2,1H3. The molecule has 0 bridgehead atoms. The second kappa shape index (κ2) is 4.45. The number of hydrogen-bond donors (Lipinski definition) is 1. The van der Waals surface area contributed by atoms with Gasteiger partial charge in [-0.3, -0.25) is 0 Å². The fourth-order valence-corrected chi connectivity index (χ4v) is 1.98. The molecule has 2 N–H and O–H groups in total. The van der Waals surface area contributed by atoms with Gasteiger partial charge in [-0.25, -0.2) is 4.68 Å². The van der Waals surface area contributed by atoms with Crippen LogP contribution >= 0.6 is 23.2 Å². The van der Waals surface area contributed by atoms with E-state index in [9.17, 15) is 0 Å². The van der Waals surface area contributed by atoms with Crippen LogP contribution in [0.15, 0.2) is 24.4 Å². The molecule has 1 heterocycles. The minimum Gasteiger partial charge on any atom is -0.326 e.